The first kappa shape index (κ1) is 76.6. The van der Waals surface area contributed by atoms with Crippen molar-refractivity contribution in [3.8, 4) is 0 Å². The molecule has 1 aromatic rings. The SMILES string of the molecule is C.CC(CS(=O)(=O)[O-])C(=O)O.CCCC[N+](CCCC)(CCCC)CCCC.CCCC[N+](CCCC)(CCCC)CCCC.NC(CS(=O)(=O)[O-])C(=O)O.O=C1OC(=O)c2ccccc21.[3H][B]N[C@H](C=O)CS. The van der Waals surface area contributed by atoms with Gasteiger partial charge in [0, 0.05) is 5.75 Å². The van der Waals surface area contributed by atoms with Crippen LogP contribution in [0.4, 0.5) is 0 Å². The number of carbonyl (C=O) groups is 5. The fourth-order valence-corrected chi connectivity index (χ4v) is 8.66. The molecule has 0 saturated carbocycles. The van der Waals surface area contributed by atoms with Gasteiger partial charge in [-0.25, -0.2) is 26.4 Å². The van der Waals surface area contributed by atoms with E-state index in [9.17, 15) is 49.9 Å². The maximum Gasteiger partial charge on any atom is 0.346 e. The van der Waals surface area contributed by atoms with Crippen LogP contribution in [0.5, 0.6) is 0 Å². The fraction of sp³-hybridized carbons (Fsp3) is 0.784. The molecule has 429 valence electrons. The Hall–Kier alpha value is -2.96. The number of quaternary nitrogens is 2. The number of carboxylic acids is 2. The molecule has 1 aliphatic rings. The fourth-order valence-electron chi connectivity index (χ4n) is 7.13. The summed E-state index contributed by atoms with van der Waals surface area (Å²) in [5, 5.41) is 18.6. The topological polar surface area (TPSA) is 287 Å². The van der Waals surface area contributed by atoms with Crippen molar-refractivity contribution in [1.29, 1.82) is 1.34 Å². The monoisotopic (exact) mass is 1100 g/mol. The van der Waals surface area contributed by atoms with Crippen LogP contribution >= 0.6 is 12.6 Å². The smallest absolute Gasteiger partial charge is 0.346 e. The highest BCUT2D eigenvalue weighted by molar-refractivity contribution is 7.86. The Morgan fingerprint density at radius 1 is 0.671 bits per heavy atom. The molecule has 22 heteroatoms. The zero-order valence-electron chi connectivity index (χ0n) is 46.3. The van der Waals surface area contributed by atoms with Gasteiger partial charge < -0.3 is 48.8 Å². The first-order chi connectivity index (χ1) is 34.3. The van der Waals surface area contributed by atoms with E-state index >= 15 is 0 Å². The van der Waals surface area contributed by atoms with Gasteiger partial charge in [0.15, 0.2) is 7.94 Å². The van der Waals surface area contributed by atoms with Crippen molar-refractivity contribution in [2.45, 2.75) is 185 Å². The number of hydrogen-bond acceptors (Lipinski definition) is 15. The van der Waals surface area contributed by atoms with Gasteiger partial charge in [-0.15, -0.1) is 0 Å². The molecular formula is C51H100BN4O14S3. The van der Waals surface area contributed by atoms with Crippen LogP contribution in [0.15, 0.2) is 24.3 Å². The standard InChI is InChI=1S/2C16H36N.C8H4O3.C4H8O5S.C3H7BNOS.C3H7NO5S.CH4/c2*1-5-9-13-17(14-10-6-2,15-11-7-3)16-12-8-4;9-7-5-3-1-2-4-6(5)8(10)11-7;1-3(4(5)6)2-10(7,8)9;4-5-3(1-6)2-7;4-2(3(5)6)1-10(7,8)9;/h2*5-16H2,1-4H3;1-4H;3H,2H2,1H3,(H,5,6)(H,7,8,9);1,3-5,7H,2H2;2H,1,4H2,(H,5,6)(H,7,8,9);1H4/q2*+1;;;;;/p-2/t;;;;3-;;/m....1../s1/i;;;;4T;;. The van der Waals surface area contributed by atoms with Crippen molar-refractivity contribution >= 4 is 71.0 Å². The minimum atomic E-state index is -4.52. The van der Waals surface area contributed by atoms with Gasteiger partial charge in [-0.1, -0.05) is 133 Å². The van der Waals surface area contributed by atoms with Crippen LogP contribution in [0.25, 0.3) is 0 Å². The number of nitrogens with two attached hydrogens (primary N) is 1. The number of nitrogens with zero attached hydrogens (tertiary/aromatic N) is 2. The first-order valence-electron chi connectivity index (χ1n) is 26.5. The van der Waals surface area contributed by atoms with E-state index in [1.807, 2.05) is 0 Å². The summed E-state index contributed by atoms with van der Waals surface area (Å²) in [6.07, 6.45) is 22.8. The zero-order chi connectivity index (χ0) is 56.9. The number of carbonyl (C=O) groups excluding carboxylic acids is 3. The van der Waals surface area contributed by atoms with E-state index < -0.39 is 67.6 Å². The van der Waals surface area contributed by atoms with Crippen molar-refractivity contribution in [3.63, 3.8) is 0 Å². The highest BCUT2D eigenvalue weighted by Crippen LogP contribution is 2.19. The predicted molar refractivity (Wildman–Crippen MR) is 297 cm³/mol. The van der Waals surface area contributed by atoms with Gasteiger partial charge in [-0.3, -0.25) is 9.59 Å². The number of rotatable bonds is 34. The van der Waals surface area contributed by atoms with E-state index in [1.165, 1.54) is 164 Å². The molecule has 1 aliphatic heterocycles. The van der Waals surface area contributed by atoms with Crippen LogP contribution in [0.2, 0.25) is 0 Å². The molecule has 0 spiro atoms. The van der Waals surface area contributed by atoms with Crippen molar-refractivity contribution in [3.05, 3.63) is 35.4 Å². The number of nitrogens with one attached hydrogen (secondary N) is 1. The molecule has 0 saturated heterocycles. The second-order valence-electron chi connectivity index (χ2n) is 18.2. The summed E-state index contributed by atoms with van der Waals surface area (Å²) >= 11 is 3.83. The molecule has 0 bridgehead atoms. The van der Waals surface area contributed by atoms with E-state index in [1.54, 1.807) is 24.3 Å². The quantitative estimate of drug-likeness (QED) is 0.00839. The summed E-state index contributed by atoms with van der Waals surface area (Å²) in [6, 6.07) is 4.60. The van der Waals surface area contributed by atoms with Crippen LogP contribution in [0.1, 0.15) is 193 Å². The van der Waals surface area contributed by atoms with Gasteiger partial charge in [-0.2, -0.15) is 12.6 Å². The van der Waals surface area contributed by atoms with Crippen LogP contribution in [-0.4, -0.2) is 166 Å². The van der Waals surface area contributed by atoms with Crippen LogP contribution in [0.3, 0.4) is 0 Å². The minimum absolute atomic E-state index is 0. The summed E-state index contributed by atoms with van der Waals surface area (Å²) in [5.41, 5.74) is 5.44. The third kappa shape index (κ3) is 43.9. The Morgan fingerprint density at radius 3 is 1.11 bits per heavy atom. The highest BCUT2D eigenvalue weighted by Gasteiger charge is 2.29. The molecule has 0 fully saturated rings. The van der Waals surface area contributed by atoms with Crippen molar-refractivity contribution in [2.75, 3.05) is 69.6 Å². The Labute approximate surface area is 450 Å². The Balaban J connectivity index is -0.000000262. The third-order valence-corrected chi connectivity index (χ3v) is 13.7. The Bertz CT molecular complexity index is 1640. The molecule has 1 radical (unpaired) electrons. The summed E-state index contributed by atoms with van der Waals surface area (Å²) in [6.45, 7) is 31.2. The second kappa shape index (κ2) is 47.5. The highest BCUT2D eigenvalue weighted by atomic mass is 32.2. The Kier molecular flexibility index (Phi) is 49.8. The number of benzene rings is 1. The zero-order valence-corrected chi connectivity index (χ0v) is 47.8. The van der Waals surface area contributed by atoms with Crippen molar-refractivity contribution < 1.29 is 73.8 Å². The third-order valence-electron chi connectivity index (χ3n) is 11.6. The maximum absolute atomic E-state index is 10.8. The second-order valence-corrected chi connectivity index (χ2v) is 21.5. The molecule has 2 rings (SSSR count). The number of carboxylic acid groups (broad SMARTS) is 2. The molecular weight excluding hydrogens is 1000 g/mol. The number of ether oxygens (including phenoxy) is 1. The number of hydrogen-bond donors (Lipinski definition) is 5. The predicted octanol–water partition coefficient (Wildman–Crippen LogP) is 7.73. The van der Waals surface area contributed by atoms with Crippen LogP contribution in [-0.2, 0) is 39.4 Å². The minimum Gasteiger partial charge on any atom is -0.748 e. The lowest BCUT2D eigenvalue weighted by Gasteiger charge is -2.39. The summed E-state index contributed by atoms with van der Waals surface area (Å²) in [4.78, 5) is 51.4. The summed E-state index contributed by atoms with van der Waals surface area (Å²) in [7, 11) is -7.94. The van der Waals surface area contributed by atoms with Crippen LogP contribution in [0, 0.1) is 5.92 Å². The summed E-state index contributed by atoms with van der Waals surface area (Å²) in [5.74, 6) is -6.48. The van der Waals surface area contributed by atoms with Crippen LogP contribution < -0.4 is 11.0 Å². The number of cyclic esters (lactones) is 2. The lowest BCUT2D eigenvalue weighted by atomic mass is 10.1. The van der Waals surface area contributed by atoms with E-state index in [2.05, 4.69) is 78.0 Å². The number of aliphatic carboxylic acids is 2. The number of fused-ring (bicyclic) bond motifs is 1. The molecule has 73 heavy (non-hydrogen) atoms. The van der Waals surface area contributed by atoms with Gasteiger partial charge in [0.25, 0.3) is 0 Å². The van der Waals surface area contributed by atoms with E-state index in [0.717, 1.165) is 21.2 Å². The molecule has 18 nitrogen and oxygen atoms in total. The van der Waals surface area contributed by atoms with Crippen molar-refractivity contribution in [1.82, 2.24) is 5.23 Å². The molecule has 2 unspecified atom stereocenters. The van der Waals surface area contributed by atoms with Gasteiger partial charge in [0.2, 0.25) is 0 Å². The lowest BCUT2D eigenvalue weighted by Crippen LogP contribution is -2.50. The average molecular weight is 1100 g/mol. The van der Waals surface area contributed by atoms with Gasteiger partial charge in [0.05, 0.1) is 107 Å². The summed E-state index contributed by atoms with van der Waals surface area (Å²) < 4.78 is 73.0. The molecule has 0 amide bonds. The van der Waals surface area contributed by atoms with Crippen molar-refractivity contribution in [2.24, 2.45) is 11.7 Å². The molecule has 5 N–H and O–H groups in total. The Morgan fingerprint density at radius 2 is 0.959 bits per heavy atom. The average Bonchev–Trinajstić information content (AvgIpc) is 3.64. The van der Waals surface area contributed by atoms with E-state index in [0.29, 0.717) is 16.9 Å². The normalized spacial score (nSPS) is 13.2. The molecule has 0 aromatic heterocycles. The number of unbranched alkanes of at least 4 members (excludes halogenated alkanes) is 8. The molecule has 1 heterocycles. The van der Waals surface area contributed by atoms with Gasteiger partial charge >= 0.3 is 23.9 Å². The number of aldehydes is 1. The lowest BCUT2D eigenvalue weighted by molar-refractivity contribution is -0.929. The molecule has 0 aliphatic carbocycles. The van der Waals surface area contributed by atoms with E-state index in [4.69, 9.17) is 17.3 Å². The molecule has 3 atom stereocenters. The van der Waals surface area contributed by atoms with Gasteiger partial charge in [0.1, 0.15) is 12.3 Å². The number of esters is 2. The maximum atomic E-state index is 10.8. The largest absolute Gasteiger partial charge is 0.748 e. The number of thiol groups is 1. The van der Waals surface area contributed by atoms with E-state index in [-0.39, 0.29) is 13.5 Å². The van der Waals surface area contributed by atoms with Gasteiger partial charge in [-0.05, 0) is 64.8 Å². The molecule has 1 aromatic carbocycles. The first-order valence-corrected chi connectivity index (χ1v) is 29.7.